The number of hydrogen-bond acceptors (Lipinski definition) is 3. The Morgan fingerprint density at radius 3 is 2.47 bits per heavy atom. The van der Waals surface area contributed by atoms with Crippen LogP contribution >= 0.6 is 0 Å². The highest BCUT2D eigenvalue weighted by atomic mass is 16.5. The molecule has 0 aliphatic heterocycles. The molecule has 0 bridgehead atoms. The van der Waals surface area contributed by atoms with Gasteiger partial charge in [0.25, 0.3) is 0 Å². The predicted octanol–water partition coefficient (Wildman–Crippen LogP) is 1.73. The lowest BCUT2D eigenvalue weighted by atomic mass is 10.1. The first kappa shape index (κ1) is 13.0. The van der Waals surface area contributed by atoms with Gasteiger partial charge < -0.3 is 10.1 Å². The van der Waals surface area contributed by atoms with Crippen LogP contribution in [-0.2, 0) is 14.3 Å². The second kappa shape index (κ2) is 6.48. The molecule has 1 aromatic carbocycles. The van der Waals surface area contributed by atoms with Crippen LogP contribution < -0.4 is 5.32 Å². The predicted molar refractivity (Wildman–Crippen MR) is 64.9 cm³/mol. The van der Waals surface area contributed by atoms with Gasteiger partial charge in [-0.3, -0.25) is 4.79 Å². The molecule has 1 N–H and O–H groups in total. The van der Waals surface area contributed by atoms with E-state index in [4.69, 9.17) is 4.74 Å². The standard InChI is InChI=1S/C13H15NO3/c1-3-17-13(16)12(9-14-10(2)15)11-7-5-4-6-8-11/h4-9H,3H2,1-2H3,(H,14,15)/b12-9-. The number of esters is 1. The van der Waals surface area contributed by atoms with Gasteiger partial charge in [0.05, 0.1) is 12.2 Å². The van der Waals surface area contributed by atoms with Crippen LogP contribution in [0.3, 0.4) is 0 Å². The fourth-order valence-corrected chi connectivity index (χ4v) is 1.26. The third kappa shape index (κ3) is 4.10. The van der Waals surface area contributed by atoms with Crippen molar-refractivity contribution in [3.63, 3.8) is 0 Å². The average molecular weight is 233 g/mol. The molecule has 4 nitrogen and oxygen atoms in total. The number of carbonyl (C=O) groups is 2. The molecule has 0 fully saturated rings. The zero-order valence-electron chi connectivity index (χ0n) is 9.90. The maximum Gasteiger partial charge on any atom is 0.340 e. The van der Waals surface area contributed by atoms with Crippen LogP contribution in [0, 0.1) is 0 Å². The lowest BCUT2D eigenvalue weighted by Crippen LogP contribution is -2.16. The molecular formula is C13H15NO3. The van der Waals surface area contributed by atoms with Gasteiger partial charge in [-0.2, -0.15) is 0 Å². The van der Waals surface area contributed by atoms with Crippen molar-refractivity contribution in [2.24, 2.45) is 0 Å². The van der Waals surface area contributed by atoms with Gasteiger partial charge in [-0.15, -0.1) is 0 Å². The Balaban J connectivity index is 2.98. The molecule has 90 valence electrons. The van der Waals surface area contributed by atoms with Crippen LogP contribution in [0.1, 0.15) is 19.4 Å². The number of nitrogens with one attached hydrogen (secondary N) is 1. The average Bonchev–Trinajstić information content (AvgIpc) is 2.30. The molecule has 4 heteroatoms. The Kier molecular flexibility index (Phi) is 4.94. The second-order valence-electron chi connectivity index (χ2n) is 3.35. The molecule has 0 spiro atoms. The van der Waals surface area contributed by atoms with E-state index in [1.807, 2.05) is 18.2 Å². The van der Waals surface area contributed by atoms with Gasteiger partial charge in [0, 0.05) is 13.1 Å². The summed E-state index contributed by atoms with van der Waals surface area (Å²) in [4.78, 5) is 22.6. The molecule has 0 unspecified atom stereocenters. The van der Waals surface area contributed by atoms with Crippen molar-refractivity contribution in [1.82, 2.24) is 5.32 Å². The van der Waals surface area contributed by atoms with Gasteiger partial charge in [-0.25, -0.2) is 4.79 Å². The smallest absolute Gasteiger partial charge is 0.340 e. The molecule has 0 saturated heterocycles. The zero-order valence-corrected chi connectivity index (χ0v) is 9.90. The number of amides is 1. The molecule has 0 saturated carbocycles. The summed E-state index contributed by atoms with van der Waals surface area (Å²) in [5, 5.41) is 2.48. The quantitative estimate of drug-likeness (QED) is 0.636. The van der Waals surface area contributed by atoms with E-state index in [1.54, 1.807) is 19.1 Å². The molecule has 1 rings (SSSR count). The van der Waals surface area contributed by atoms with Crippen LogP contribution in [-0.4, -0.2) is 18.5 Å². The van der Waals surface area contributed by atoms with Crippen LogP contribution in [0.25, 0.3) is 5.57 Å². The molecule has 0 aliphatic rings. The minimum absolute atomic E-state index is 0.234. The highest BCUT2D eigenvalue weighted by molar-refractivity contribution is 6.16. The van der Waals surface area contributed by atoms with Crippen LogP contribution in [0.4, 0.5) is 0 Å². The summed E-state index contributed by atoms with van der Waals surface area (Å²) >= 11 is 0. The van der Waals surface area contributed by atoms with E-state index in [9.17, 15) is 9.59 Å². The Bertz CT molecular complexity index is 424. The van der Waals surface area contributed by atoms with E-state index in [-0.39, 0.29) is 5.91 Å². The van der Waals surface area contributed by atoms with E-state index in [0.29, 0.717) is 17.7 Å². The lowest BCUT2D eigenvalue weighted by molar-refractivity contribution is -0.136. The summed E-state index contributed by atoms with van der Waals surface area (Å²) in [5.74, 6) is -0.685. The zero-order chi connectivity index (χ0) is 12.7. The van der Waals surface area contributed by atoms with Crippen molar-refractivity contribution in [3.8, 4) is 0 Å². The van der Waals surface area contributed by atoms with Gasteiger partial charge in [-0.05, 0) is 12.5 Å². The molecule has 0 aliphatic carbocycles. The first-order valence-corrected chi connectivity index (χ1v) is 5.35. The summed E-state index contributed by atoms with van der Waals surface area (Å²) in [6.45, 7) is 3.41. The molecule has 0 atom stereocenters. The number of benzene rings is 1. The molecule has 1 amide bonds. The molecular weight excluding hydrogens is 218 g/mol. The lowest BCUT2D eigenvalue weighted by Gasteiger charge is -2.07. The monoisotopic (exact) mass is 233 g/mol. The van der Waals surface area contributed by atoms with Gasteiger partial charge in [-0.1, -0.05) is 30.3 Å². The normalized spacial score (nSPS) is 10.8. The molecule has 0 aromatic heterocycles. The number of carbonyl (C=O) groups excluding carboxylic acids is 2. The number of ether oxygens (including phenoxy) is 1. The molecule has 17 heavy (non-hydrogen) atoms. The summed E-state index contributed by atoms with van der Waals surface area (Å²) in [6, 6.07) is 9.05. The fraction of sp³-hybridized carbons (Fsp3) is 0.231. The number of hydrogen-bond donors (Lipinski definition) is 1. The van der Waals surface area contributed by atoms with E-state index in [0.717, 1.165) is 0 Å². The fourth-order valence-electron chi connectivity index (χ4n) is 1.26. The van der Waals surface area contributed by atoms with Crippen LogP contribution in [0.2, 0.25) is 0 Å². The molecule has 0 radical (unpaired) electrons. The van der Waals surface area contributed by atoms with Crippen molar-refractivity contribution in [1.29, 1.82) is 0 Å². The Hall–Kier alpha value is -2.10. The third-order valence-electron chi connectivity index (χ3n) is 2.00. The Labute approximate surface area is 100 Å². The van der Waals surface area contributed by atoms with Crippen molar-refractivity contribution < 1.29 is 14.3 Å². The van der Waals surface area contributed by atoms with Crippen LogP contribution in [0.5, 0.6) is 0 Å². The van der Waals surface area contributed by atoms with Gasteiger partial charge >= 0.3 is 5.97 Å². The molecule has 1 aromatic rings. The maximum atomic E-state index is 11.7. The van der Waals surface area contributed by atoms with Crippen molar-refractivity contribution in [2.45, 2.75) is 13.8 Å². The van der Waals surface area contributed by atoms with E-state index in [2.05, 4.69) is 5.32 Å². The minimum Gasteiger partial charge on any atom is -0.462 e. The minimum atomic E-state index is -0.451. The van der Waals surface area contributed by atoms with E-state index < -0.39 is 5.97 Å². The third-order valence-corrected chi connectivity index (χ3v) is 2.00. The highest BCUT2D eigenvalue weighted by Crippen LogP contribution is 2.14. The summed E-state index contributed by atoms with van der Waals surface area (Å²) < 4.78 is 4.93. The van der Waals surface area contributed by atoms with Crippen LogP contribution in [0.15, 0.2) is 36.5 Å². The van der Waals surface area contributed by atoms with Gasteiger partial charge in [0.1, 0.15) is 0 Å². The van der Waals surface area contributed by atoms with Gasteiger partial charge in [0.2, 0.25) is 5.91 Å². The molecule has 0 heterocycles. The van der Waals surface area contributed by atoms with E-state index >= 15 is 0 Å². The maximum absolute atomic E-state index is 11.7. The first-order valence-electron chi connectivity index (χ1n) is 5.35. The summed E-state index contributed by atoms with van der Waals surface area (Å²) in [7, 11) is 0. The van der Waals surface area contributed by atoms with Gasteiger partial charge in [0.15, 0.2) is 0 Å². The first-order chi connectivity index (χ1) is 8.15. The Morgan fingerprint density at radius 1 is 1.29 bits per heavy atom. The van der Waals surface area contributed by atoms with Crippen molar-refractivity contribution >= 4 is 17.4 Å². The highest BCUT2D eigenvalue weighted by Gasteiger charge is 2.12. The van der Waals surface area contributed by atoms with E-state index in [1.165, 1.54) is 13.1 Å². The van der Waals surface area contributed by atoms with Crippen molar-refractivity contribution in [3.05, 3.63) is 42.1 Å². The number of rotatable bonds is 4. The summed E-state index contributed by atoms with van der Waals surface area (Å²) in [6.07, 6.45) is 1.37. The largest absolute Gasteiger partial charge is 0.462 e. The Morgan fingerprint density at radius 2 is 1.94 bits per heavy atom. The topological polar surface area (TPSA) is 55.4 Å². The summed E-state index contributed by atoms with van der Waals surface area (Å²) in [5.41, 5.74) is 1.04. The SMILES string of the molecule is CCOC(=O)/C(=C\NC(C)=O)c1ccccc1. The second-order valence-corrected chi connectivity index (χ2v) is 3.35. The van der Waals surface area contributed by atoms with Crippen molar-refractivity contribution in [2.75, 3.05) is 6.61 Å².